The lowest BCUT2D eigenvalue weighted by Gasteiger charge is -2.29. The van der Waals surface area contributed by atoms with E-state index in [1.165, 1.54) is 37.9 Å². The van der Waals surface area contributed by atoms with Crippen LogP contribution in [0.5, 0.6) is 5.75 Å². The number of benzene rings is 1. The maximum Gasteiger partial charge on any atom is 0.191 e. The van der Waals surface area contributed by atoms with Gasteiger partial charge >= 0.3 is 0 Å². The Labute approximate surface area is 163 Å². The first kappa shape index (κ1) is 21.0. The predicted molar refractivity (Wildman–Crippen MR) is 111 cm³/mol. The van der Waals surface area contributed by atoms with Crippen molar-refractivity contribution in [1.29, 1.82) is 0 Å². The van der Waals surface area contributed by atoms with Crippen LogP contribution in [-0.2, 0) is 6.54 Å². The molecule has 0 amide bonds. The van der Waals surface area contributed by atoms with Crippen molar-refractivity contribution in [3.05, 3.63) is 29.8 Å². The predicted octanol–water partition coefficient (Wildman–Crippen LogP) is 2.71. The third-order valence-electron chi connectivity index (χ3n) is 4.53. The van der Waals surface area contributed by atoms with Crippen molar-refractivity contribution < 1.29 is 4.74 Å². The maximum atomic E-state index is 5.17. The number of hydrogen-bond acceptors (Lipinski definition) is 3. The summed E-state index contributed by atoms with van der Waals surface area (Å²) >= 11 is 0. The molecule has 1 aliphatic rings. The SMILES string of the molecule is CN=C(NCCC1CCN(C)CC1)NCc1ccc(OC)cc1.I. The zero-order valence-corrected chi connectivity index (χ0v) is 17.4. The molecule has 0 spiro atoms. The van der Waals surface area contributed by atoms with Gasteiger partial charge in [0.2, 0.25) is 0 Å². The fourth-order valence-corrected chi connectivity index (χ4v) is 2.90. The lowest BCUT2D eigenvalue weighted by Crippen LogP contribution is -2.38. The standard InChI is InChI=1S/C18H30N4O.HI/c1-19-18(20-11-8-15-9-12-22(2)13-10-15)21-14-16-4-6-17(23-3)7-5-16;/h4-7,15H,8-14H2,1-3H3,(H2,19,20,21);1H. The van der Waals surface area contributed by atoms with Gasteiger partial charge in [0.15, 0.2) is 5.96 Å². The quantitative estimate of drug-likeness (QED) is 0.401. The van der Waals surface area contributed by atoms with E-state index in [0.29, 0.717) is 0 Å². The molecule has 1 heterocycles. The molecule has 24 heavy (non-hydrogen) atoms. The van der Waals surface area contributed by atoms with E-state index in [4.69, 9.17) is 4.74 Å². The number of likely N-dealkylation sites (tertiary alicyclic amines) is 1. The van der Waals surface area contributed by atoms with Crippen LogP contribution in [-0.4, -0.2) is 51.7 Å². The summed E-state index contributed by atoms with van der Waals surface area (Å²) in [6.07, 6.45) is 3.85. The Morgan fingerprint density at radius 3 is 2.46 bits per heavy atom. The van der Waals surface area contributed by atoms with Crippen molar-refractivity contribution in [2.75, 3.05) is 40.8 Å². The smallest absolute Gasteiger partial charge is 0.191 e. The molecule has 2 N–H and O–H groups in total. The Bertz CT molecular complexity index is 484. The van der Waals surface area contributed by atoms with Gasteiger partial charge in [0.25, 0.3) is 0 Å². The van der Waals surface area contributed by atoms with Crippen LogP contribution < -0.4 is 15.4 Å². The largest absolute Gasteiger partial charge is 0.497 e. The monoisotopic (exact) mass is 446 g/mol. The molecule has 1 aromatic carbocycles. The summed E-state index contributed by atoms with van der Waals surface area (Å²) in [5, 5.41) is 6.78. The van der Waals surface area contributed by atoms with Gasteiger partial charge in [-0.2, -0.15) is 0 Å². The second kappa shape index (κ2) is 11.5. The zero-order chi connectivity index (χ0) is 16.5. The molecular weight excluding hydrogens is 415 g/mol. The van der Waals surface area contributed by atoms with Crippen molar-refractivity contribution in [3.63, 3.8) is 0 Å². The summed E-state index contributed by atoms with van der Waals surface area (Å²) in [4.78, 5) is 6.71. The summed E-state index contributed by atoms with van der Waals surface area (Å²) in [5.74, 6) is 2.60. The third kappa shape index (κ3) is 7.25. The van der Waals surface area contributed by atoms with Gasteiger partial charge < -0.3 is 20.3 Å². The molecule has 1 aromatic rings. The molecule has 0 bridgehead atoms. The molecule has 0 aromatic heterocycles. The lowest BCUT2D eigenvalue weighted by atomic mass is 9.94. The second-order valence-electron chi connectivity index (χ2n) is 6.24. The van der Waals surface area contributed by atoms with Crippen molar-refractivity contribution in [3.8, 4) is 5.75 Å². The molecular formula is C18H31IN4O. The Morgan fingerprint density at radius 2 is 1.88 bits per heavy atom. The van der Waals surface area contributed by atoms with E-state index >= 15 is 0 Å². The molecule has 0 radical (unpaired) electrons. The highest BCUT2D eigenvalue weighted by Crippen LogP contribution is 2.18. The van der Waals surface area contributed by atoms with Gasteiger partial charge in [-0.1, -0.05) is 12.1 Å². The molecule has 1 aliphatic heterocycles. The molecule has 0 aliphatic carbocycles. The molecule has 136 valence electrons. The van der Waals surface area contributed by atoms with E-state index in [2.05, 4.69) is 39.7 Å². The zero-order valence-electron chi connectivity index (χ0n) is 15.0. The van der Waals surface area contributed by atoms with E-state index in [1.807, 2.05) is 19.2 Å². The van der Waals surface area contributed by atoms with Gasteiger partial charge in [-0.05, 0) is 63.0 Å². The third-order valence-corrected chi connectivity index (χ3v) is 4.53. The number of piperidine rings is 1. The van der Waals surface area contributed by atoms with Gasteiger partial charge in [-0.15, -0.1) is 24.0 Å². The molecule has 0 atom stereocenters. The van der Waals surface area contributed by atoms with Crippen LogP contribution >= 0.6 is 24.0 Å². The maximum absolute atomic E-state index is 5.17. The van der Waals surface area contributed by atoms with Crippen LogP contribution in [0.3, 0.4) is 0 Å². The first-order chi connectivity index (χ1) is 11.2. The fraction of sp³-hybridized carbons (Fsp3) is 0.611. The minimum Gasteiger partial charge on any atom is -0.497 e. The summed E-state index contributed by atoms with van der Waals surface area (Å²) < 4.78 is 5.17. The molecule has 2 rings (SSSR count). The molecule has 5 nitrogen and oxygen atoms in total. The van der Waals surface area contributed by atoms with Gasteiger partial charge in [-0.3, -0.25) is 4.99 Å². The minimum atomic E-state index is 0. The molecule has 0 unspecified atom stereocenters. The van der Waals surface area contributed by atoms with Crippen molar-refractivity contribution >= 4 is 29.9 Å². The van der Waals surface area contributed by atoms with E-state index in [1.54, 1.807) is 7.11 Å². The highest BCUT2D eigenvalue weighted by atomic mass is 127. The number of rotatable bonds is 6. The average Bonchev–Trinajstić information content (AvgIpc) is 2.60. The number of aliphatic imine (C=N–C) groups is 1. The van der Waals surface area contributed by atoms with Crippen molar-refractivity contribution in [1.82, 2.24) is 15.5 Å². The summed E-state index contributed by atoms with van der Waals surface area (Å²) in [6.45, 7) is 4.21. The van der Waals surface area contributed by atoms with Crippen LogP contribution in [0.4, 0.5) is 0 Å². The van der Waals surface area contributed by atoms with Crippen LogP contribution in [0.25, 0.3) is 0 Å². The number of methoxy groups -OCH3 is 1. The summed E-state index contributed by atoms with van der Waals surface area (Å²) in [7, 11) is 5.71. The summed E-state index contributed by atoms with van der Waals surface area (Å²) in [5.41, 5.74) is 1.21. The van der Waals surface area contributed by atoms with E-state index in [-0.39, 0.29) is 24.0 Å². The Balaban J connectivity index is 0.00000288. The number of guanidine groups is 1. The van der Waals surface area contributed by atoms with Gasteiger partial charge in [-0.25, -0.2) is 0 Å². The topological polar surface area (TPSA) is 48.9 Å². The van der Waals surface area contributed by atoms with Gasteiger partial charge in [0, 0.05) is 20.1 Å². The Morgan fingerprint density at radius 1 is 1.21 bits per heavy atom. The first-order valence-corrected chi connectivity index (χ1v) is 8.47. The van der Waals surface area contributed by atoms with E-state index < -0.39 is 0 Å². The van der Waals surface area contributed by atoms with Crippen molar-refractivity contribution in [2.45, 2.75) is 25.8 Å². The van der Waals surface area contributed by atoms with E-state index in [9.17, 15) is 0 Å². The number of hydrogen-bond donors (Lipinski definition) is 2. The van der Waals surface area contributed by atoms with Crippen LogP contribution in [0, 0.1) is 5.92 Å². The Kier molecular flexibility index (Phi) is 10.1. The van der Waals surface area contributed by atoms with Crippen LogP contribution in [0.15, 0.2) is 29.3 Å². The molecule has 1 saturated heterocycles. The number of nitrogens with zero attached hydrogens (tertiary/aromatic N) is 2. The van der Waals surface area contributed by atoms with Crippen molar-refractivity contribution in [2.24, 2.45) is 10.9 Å². The normalized spacial score (nSPS) is 16.4. The van der Waals surface area contributed by atoms with Gasteiger partial charge in [0.1, 0.15) is 5.75 Å². The average molecular weight is 446 g/mol. The Hall–Kier alpha value is -1.02. The fourth-order valence-electron chi connectivity index (χ4n) is 2.90. The van der Waals surface area contributed by atoms with E-state index in [0.717, 1.165) is 30.7 Å². The van der Waals surface area contributed by atoms with Gasteiger partial charge in [0.05, 0.1) is 7.11 Å². The van der Waals surface area contributed by atoms with Crippen LogP contribution in [0.1, 0.15) is 24.8 Å². The second-order valence-corrected chi connectivity index (χ2v) is 6.24. The lowest BCUT2D eigenvalue weighted by molar-refractivity contribution is 0.213. The highest BCUT2D eigenvalue weighted by Gasteiger charge is 2.16. The molecule has 6 heteroatoms. The minimum absolute atomic E-state index is 0. The first-order valence-electron chi connectivity index (χ1n) is 8.47. The number of nitrogens with one attached hydrogen (secondary N) is 2. The van der Waals surface area contributed by atoms with Crippen LogP contribution in [0.2, 0.25) is 0 Å². The molecule has 1 fully saturated rings. The number of halogens is 1. The summed E-state index contributed by atoms with van der Waals surface area (Å²) in [6, 6.07) is 8.09. The highest BCUT2D eigenvalue weighted by molar-refractivity contribution is 14.0. The molecule has 0 saturated carbocycles. The number of ether oxygens (including phenoxy) is 1.